The van der Waals surface area contributed by atoms with Crippen molar-refractivity contribution in [1.29, 1.82) is 0 Å². The van der Waals surface area contributed by atoms with Gasteiger partial charge in [-0.15, -0.1) is 0 Å². The highest BCUT2D eigenvalue weighted by Gasteiger charge is 2.35. The van der Waals surface area contributed by atoms with Gasteiger partial charge in [-0.2, -0.15) is 26.3 Å². The molecule has 1 rings (SSSR count). The first-order valence-electron chi connectivity index (χ1n) is 5.58. The predicted octanol–water partition coefficient (Wildman–Crippen LogP) is 4.99. The fraction of sp³-hybridized carbons (Fsp3) is 0.500. The Hall–Kier alpha value is -0.920. The van der Waals surface area contributed by atoms with Gasteiger partial charge < -0.3 is 4.90 Å². The SMILES string of the molecule is CN(CCC(F)(F)F)c1ccc(CBr)cc1C(F)(F)F. The van der Waals surface area contributed by atoms with Gasteiger partial charge in [-0.05, 0) is 17.7 Å². The zero-order valence-electron chi connectivity index (χ0n) is 10.4. The van der Waals surface area contributed by atoms with Crippen molar-refractivity contribution in [2.75, 3.05) is 18.5 Å². The molecule has 0 aliphatic rings. The van der Waals surface area contributed by atoms with Gasteiger partial charge in [0.05, 0.1) is 12.0 Å². The molecule has 0 spiro atoms. The first-order chi connectivity index (χ1) is 9.04. The summed E-state index contributed by atoms with van der Waals surface area (Å²) in [6.45, 7) is -0.528. The third-order valence-electron chi connectivity index (χ3n) is 2.66. The van der Waals surface area contributed by atoms with E-state index in [-0.39, 0.29) is 11.0 Å². The highest BCUT2D eigenvalue weighted by Crippen LogP contribution is 2.37. The summed E-state index contributed by atoms with van der Waals surface area (Å²) in [7, 11) is 1.21. The molecule has 0 amide bonds. The molecule has 0 aromatic heterocycles. The molecule has 0 N–H and O–H groups in total. The Kier molecular flexibility index (Phi) is 5.34. The van der Waals surface area contributed by atoms with Crippen LogP contribution in [-0.4, -0.2) is 19.8 Å². The predicted molar refractivity (Wildman–Crippen MR) is 68.0 cm³/mol. The zero-order chi connectivity index (χ0) is 15.6. The van der Waals surface area contributed by atoms with Crippen molar-refractivity contribution in [1.82, 2.24) is 0 Å². The summed E-state index contributed by atoms with van der Waals surface area (Å²) in [5, 5.41) is 0.239. The molecule has 0 heterocycles. The van der Waals surface area contributed by atoms with Crippen molar-refractivity contribution in [3.05, 3.63) is 29.3 Å². The van der Waals surface area contributed by atoms with Crippen molar-refractivity contribution in [2.45, 2.75) is 24.1 Å². The van der Waals surface area contributed by atoms with Crippen LogP contribution in [0, 0.1) is 0 Å². The molecule has 0 atom stereocenters. The minimum atomic E-state index is -4.61. The Morgan fingerprint density at radius 2 is 1.70 bits per heavy atom. The quantitative estimate of drug-likeness (QED) is 0.538. The second-order valence-corrected chi connectivity index (χ2v) is 4.83. The third-order valence-corrected chi connectivity index (χ3v) is 3.31. The molecule has 114 valence electrons. The van der Waals surface area contributed by atoms with E-state index < -0.39 is 30.9 Å². The van der Waals surface area contributed by atoms with Crippen LogP contribution in [0.1, 0.15) is 17.5 Å². The number of alkyl halides is 7. The number of benzene rings is 1. The van der Waals surface area contributed by atoms with Gasteiger partial charge in [0.1, 0.15) is 0 Å². The number of hydrogen-bond acceptors (Lipinski definition) is 1. The molecule has 8 heteroatoms. The minimum absolute atomic E-state index is 0.239. The van der Waals surface area contributed by atoms with E-state index in [2.05, 4.69) is 15.9 Å². The van der Waals surface area contributed by atoms with Crippen LogP contribution in [-0.2, 0) is 11.5 Å². The standard InChI is InChI=1S/C12H12BrF6N/c1-20(5-4-11(14,15)16)10-3-2-8(7-13)6-9(10)12(17,18)19/h2-3,6H,4-5,7H2,1H3. The molecular formula is C12H12BrF6N. The number of anilines is 1. The van der Waals surface area contributed by atoms with E-state index in [1.807, 2.05) is 0 Å². The average Bonchev–Trinajstić information content (AvgIpc) is 2.33. The zero-order valence-corrected chi connectivity index (χ0v) is 12.0. The lowest BCUT2D eigenvalue weighted by Crippen LogP contribution is -2.26. The van der Waals surface area contributed by atoms with E-state index in [0.29, 0.717) is 5.56 Å². The number of halogens is 7. The molecule has 0 aliphatic heterocycles. The van der Waals surface area contributed by atoms with Gasteiger partial charge in [-0.25, -0.2) is 0 Å². The Labute approximate surface area is 120 Å². The molecule has 0 bridgehead atoms. The number of rotatable bonds is 4. The van der Waals surface area contributed by atoms with Crippen molar-refractivity contribution in [2.24, 2.45) is 0 Å². The monoisotopic (exact) mass is 363 g/mol. The molecule has 0 radical (unpaired) electrons. The maximum atomic E-state index is 12.9. The maximum Gasteiger partial charge on any atom is 0.418 e. The molecule has 1 aromatic carbocycles. The smallest absolute Gasteiger partial charge is 0.374 e. The summed E-state index contributed by atoms with van der Waals surface area (Å²) in [5.74, 6) is 0. The van der Waals surface area contributed by atoms with Gasteiger partial charge in [-0.3, -0.25) is 0 Å². The summed E-state index contributed by atoms with van der Waals surface area (Å²) >= 11 is 3.05. The molecule has 0 saturated heterocycles. The van der Waals surface area contributed by atoms with Gasteiger partial charge >= 0.3 is 12.4 Å². The van der Waals surface area contributed by atoms with Crippen LogP contribution in [0.15, 0.2) is 18.2 Å². The topological polar surface area (TPSA) is 3.24 Å². The van der Waals surface area contributed by atoms with Gasteiger partial charge in [0.15, 0.2) is 0 Å². The largest absolute Gasteiger partial charge is 0.418 e. The van der Waals surface area contributed by atoms with Crippen LogP contribution in [0.2, 0.25) is 0 Å². The second-order valence-electron chi connectivity index (χ2n) is 4.27. The Morgan fingerprint density at radius 3 is 2.15 bits per heavy atom. The Balaban J connectivity index is 3.04. The molecule has 1 aromatic rings. The number of hydrogen-bond donors (Lipinski definition) is 0. The normalized spacial score (nSPS) is 12.6. The van der Waals surface area contributed by atoms with E-state index in [0.717, 1.165) is 11.0 Å². The van der Waals surface area contributed by atoms with Crippen molar-refractivity contribution in [3.8, 4) is 0 Å². The fourth-order valence-corrected chi connectivity index (χ4v) is 1.99. The van der Waals surface area contributed by atoms with E-state index in [9.17, 15) is 26.3 Å². The minimum Gasteiger partial charge on any atom is -0.374 e. The fourth-order valence-electron chi connectivity index (χ4n) is 1.64. The van der Waals surface area contributed by atoms with Crippen LogP contribution in [0.4, 0.5) is 32.0 Å². The first-order valence-corrected chi connectivity index (χ1v) is 6.70. The van der Waals surface area contributed by atoms with Crippen LogP contribution in [0.3, 0.4) is 0 Å². The molecule has 0 aliphatic carbocycles. The lowest BCUT2D eigenvalue weighted by molar-refractivity contribution is -0.137. The lowest BCUT2D eigenvalue weighted by Gasteiger charge is -2.24. The van der Waals surface area contributed by atoms with Crippen molar-refractivity contribution in [3.63, 3.8) is 0 Å². The molecular weight excluding hydrogens is 352 g/mol. The second kappa shape index (κ2) is 6.24. The Bertz CT molecular complexity index is 454. The molecule has 0 saturated carbocycles. The van der Waals surface area contributed by atoms with Crippen LogP contribution < -0.4 is 4.90 Å². The highest BCUT2D eigenvalue weighted by molar-refractivity contribution is 9.08. The van der Waals surface area contributed by atoms with E-state index >= 15 is 0 Å². The highest BCUT2D eigenvalue weighted by atomic mass is 79.9. The first kappa shape index (κ1) is 17.1. The van der Waals surface area contributed by atoms with Gasteiger partial charge in [0.25, 0.3) is 0 Å². The number of nitrogens with zero attached hydrogens (tertiary/aromatic N) is 1. The third kappa shape index (κ3) is 4.88. The molecule has 0 unspecified atom stereocenters. The Morgan fingerprint density at radius 1 is 1.10 bits per heavy atom. The van der Waals surface area contributed by atoms with Crippen molar-refractivity contribution >= 4 is 21.6 Å². The van der Waals surface area contributed by atoms with Crippen LogP contribution in [0.5, 0.6) is 0 Å². The molecule has 20 heavy (non-hydrogen) atoms. The van der Waals surface area contributed by atoms with E-state index in [4.69, 9.17) is 0 Å². The van der Waals surface area contributed by atoms with Crippen LogP contribution >= 0.6 is 15.9 Å². The van der Waals surface area contributed by atoms with E-state index in [1.165, 1.54) is 19.2 Å². The summed E-state index contributed by atoms with van der Waals surface area (Å²) in [6.07, 6.45) is -10.2. The van der Waals surface area contributed by atoms with E-state index in [1.54, 1.807) is 0 Å². The summed E-state index contributed by atoms with van der Waals surface area (Å²) in [5.41, 5.74) is -0.782. The molecule has 0 fully saturated rings. The summed E-state index contributed by atoms with van der Waals surface area (Å²) in [4.78, 5) is 0.967. The van der Waals surface area contributed by atoms with Gasteiger partial charge in [-0.1, -0.05) is 22.0 Å². The van der Waals surface area contributed by atoms with Crippen molar-refractivity contribution < 1.29 is 26.3 Å². The lowest BCUT2D eigenvalue weighted by atomic mass is 10.1. The molecule has 1 nitrogen and oxygen atoms in total. The summed E-state index contributed by atoms with van der Waals surface area (Å²) < 4.78 is 75.2. The van der Waals surface area contributed by atoms with Crippen LogP contribution in [0.25, 0.3) is 0 Å². The van der Waals surface area contributed by atoms with Gasteiger partial charge in [0.2, 0.25) is 0 Å². The van der Waals surface area contributed by atoms with Gasteiger partial charge in [0, 0.05) is 24.6 Å². The summed E-state index contributed by atoms with van der Waals surface area (Å²) in [6, 6.07) is 3.58. The maximum absolute atomic E-state index is 12.9. The average molecular weight is 364 g/mol.